The quantitative estimate of drug-likeness (QED) is 0.853. The Hall–Kier alpha value is -3.02. The first-order chi connectivity index (χ1) is 13.0. The molecule has 0 spiro atoms. The number of hydrogen-bond donors (Lipinski definition) is 2. The molecule has 6 nitrogen and oxygen atoms in total. The number of Topliss-reactive ketones (excluding diaryl/α,β-unsaturated/α-hetero) is 1. The Balaban J connectivity index is 1.57. The number of anilines is 1. The molecule has 2 aromatic heterocycles. The van der Waals surface area contributed by atoms with Crippen LogP contribution in [-0.4, -0.2) is 27.7 Å². The van der Waals surface area contributed by atoms with Crippen LogP contribution in [0.15, 0.2) is 42.4 Å². The molecular weight excluding hydrogens is 340 g/mol. The van der Waals surface area contributed by atoms with Crippen molar-refractivity contribution in [3.8, 4) is 0 Å². The normalized spacial score (nSPS) is 19.1. The summed E-state index contributed by atoms with van der Waals surface area (Å²) < 4.78 is 0. The minimum Gasteiger partial charge on any atom is -0.378 e. The Bertz CT molecular complexity index is 989. The van der Waals surface area contributed by atoms with Gasteiger partial charge in [0.1, 0.15) is 11.9 Å². The molecule has 0 saturated heterocycles. The first-order valence-electron chi connectivity index (χ1n) is 9.30. The fourth-order valence-corrected chi connectivity index (χ4v) is 3.18. The third kappa shape index (κ3) is 3.60. The Labute approximate surface area is 157 Å². The Morgan fingerprint density at radius 1 is 1.19 bits per heavy atom. The molecule has 1 fully saturated rings. The zero-order chi connectivity index (χ0) is 19.0. The predicted octanol–water partition coefficient (Wildman–Crippen LogP) is 3.22. The van der Waals surface area contributed by atoms with Gasteiger partial charge in [0.25, 0.3) is 0 Å². The van der Waals surface area contributed by atoms with Crippen molar-refractivity contribution in [2.45, 2.75) is 39.2 Å². The maximum atomic E-state index is 11.9. The predicted molar refractivity (Wildman–Crippen MR) is 105 cm³/mol. The molecule has 27 heavy (non-hydrogen) atoms. The van der Waals surface area contributed by atoms with Crippen molar-refractivity contribution < 1.29 is 9.59 Å². The first kappa shape index (κ1) is 17.4. The van der Waals surface area contributed by atoms with E-state index in [-0.39, 0.29) is 23.7 Å². The average Bonchev–Trinajstić information content (AvgIpc) is 3.52. The molecule has 1 aliphatic carbocycles. The van der Waals surface area contributed by atoms with Crippen LogP contribution < -0.4 is 10.6 Å². The topological polar surface area (TPSA) is 84.0 Å². The SMILES string of the molecule is CCC(=O)C1C=C(C)C(c2cc3cnc(NC(=O)C4CC4)cc3cn2)=CN1. The van der Waals surface area contributed by atoms with Gasteiger partial charge in [0, 0.05) is 47.3 Å². The van der Waals surface area contributed by atoms with Gasteiger partial charge in [-0.25, -0.2) is 4.98 Å². The summed E-state index contributed by atoms with van der Waals surface area (Å²) in [5, 5.41) is 7.88. The largest absolute Gasteiger partial charge is 0.378 e. The second kappa shape index (κ2) is 6.95. The highest BCUT2D eigenvalue weighted by Crippen LogP contribution is 2.30. The monoisotopic (exact) mass is 362 g/mol. The van der Waals surface area contributed by atoms with E-state index in [1.165, 1.54) is 0 Å². The summed E-state index contributed by atoms with van der Waals surface area (Å²) in [4.78, 5) is 32.7. The molecule has 1 aliphatic heterocycles. The molecule has 2 N–H and O–H groups in total. The smallest absolute Gasteiger partial charge is 0.228 e. The van der Waals surface area contributed by atoms with E-state index in [0.29, 0.717) is 12.2 Å². The highest BCUT2D eigenvalue weighted by molar-refractivity contribution is 5.96. The van der Waals surface area contributed by atoms with Gasteiger partial charge in [0.05, 0.1) is 5.69 Å². The van der Waals surface area contributed by atoms with Gasteiger partial charge in [0.2, 0.25) is 5.91 Å². The summed E-state index contributed by atoms with van der Waals surface area (Å²) in [7, 11) is 0. The van der Waals surface area contributed by atoms with Crippen molar-refractivity contribution in [2.24, 2.45) is 5.92 Å². The van der Waals surface area contributed by atoms with Crippen LogP contribution >= 0.6 is 0 Å². The van der Waals surface area contributed by atoms with Crippen molar-refractivity contribution in [1.82, 2.24) is 15.3 Å². The molecule has 0 radical (unpaired) electrons. The van der Waals surface area contributed by atoms with E-state index in [4.69, 9.17) is 0 Å². The molecule has 6 heteroatoms. The van der Waals surface area contributed by atoms with E-state index in [1.54, 1.807) is 12.4 Å². The molecule has 2 aliphatic rings. The van der Waals surface area contributed by atoms with Crippen LogP contribution in [0.4, 0.5) is 5.82 Å². The molecule has 2 aromatic rings. The maximum absolute atomic E-state index is 11.9. The number of aromatic nitrogens is 2. The summed E-state index contributed by atoms with van der Waals surface area (Å²) in [6.07, 6.45) is 9.78. The minimum atomic E-state index is -0.265. The van der Waals surface area contributed by atoms with Gasteiger partial charge in [0.15, 0.2) is 5.78 Å². The van der Waals surface area contributed by atoms with E-state index >= 15 is 0 Å². The molecule has 1 amide bonds. The summed E-state index contributed by atoms with van der Waals surface area (Å²) in [6.45, 7) is 3.86. The van der Waals surface area contributed by atoms with Gasteiger partial charge >= 0.3 is 0 Å². The molecule has 1 atom stereocenters. The van der Waals surface area contributed by atoms with Gasteiger partial charge in [-0.05, 0) is 37.5 Å². The van der Waals surface area contributed by atoms with Gasteiger partial charge in [-0.2, -0.15) is 0 Å². The van der Waals surface area contributed by atoms with Crippen LogP contribution in [-0.2, 0) is 9.59 Å². The van der Waals surface area contributed by atoms with E-state index in [9.17, 15) is 9.59 Å². The fraction of sp³-hybridized carbons (Fsp3) is 0.333. The van der Waals surface area contributed by atoms with Crippen molar-refractivity contribution in [1.29, 1.82) is 0 Å². The third-order valence-corrected chi connectivity index (χ3v) is 5.02. The number of rotatable bonds is 5. The van der Waals surface area contributed by atoms with Crippen molar-refractivity contribution in [2.75, 3.05) is 5.32 Å². The maximum Gasteiger partial charge on any atom is 0.228 e. The summed E-state index contributed by atoms with van der Waals surface area (Å²) >= 11 is 0. The Kier molecular flexibility index (Phi) is 4.48. The second-order valence-corrected chi connectivity index (χ2v) is 7.12. The van der Waals surface area contributed by atoms with E-state index in [0.717, 1.165) is 40.5 Å². The number of pyridine rings is 2. The van der Waals surface area contributed by atoms with Crippen molar-refractivity contribution in [3.63, 3.8) is 0 Å². The summed E-state index contributed by atoms with van der Waals surface area (Å²) in [5.41, 5.74) is 2.81. The third-order valence-electron chi connectivity index (χ3n) is 5.02. The average molecular weight is 362 g/mol. The number of dihydropyridines is 1. The van der Waals surface area contributed by atoms with Crippen LogP contribution in [0.3, 0.4) is 0 Å². The molecule has 138 valence electrons. The molecule has 4 rings (SSSR count). The first-order valence-corrected chi connectivity index (χ1v) is 9.30. The number of nitrogens with zero attached hydrogens (tertiary/aromatic N) is 2. The van der Waals surface area contributed by atoms with Gasteiger partial charge in [-0.15, -0.1) is 0 Å². The number of carbonyl (C=O) groups is 2. The Morgan fingerprint density at radius 2 is 1.93 bits per heavy atom. The molecule has 1 unspecified atom stereocenters. The van der Waals surface area contributed by atoms with E-state index < -0.39 is 0 Å². The highest BCUT2D eigenvalue weighted by Gasteiger charge is 2.29. The van der Waals surface area contributed by atoms with Gasteiger partial charge < -0.3 is 10.6 Å². The number of fused-ring (bicyclic) bond motifs is 1. The van der Waals surface area contributed by atoms with Crippen LogP contribution in [0.2, 0.25) is 0 Å². The number of allylic oxidation sites excluding steroid dienone is 2. The number of carbonyl (C=O) groups excluding carboxylic acids is 2. The lowest BCUT2D eigenvalue weighted by atomic mass is 9.96. The Morgan fingerprint density at radius 3 is 2.63 bits per heavy atom. The number of amides is 1. The molecule has 0 aromatic carbocycles. The minimum absolute atomic E-state index is 0.0433. The molecular formula is C21H22N4O2. The van der Waals surface area contributed by atoms with Crippen molar-refractivity contribution >= 4 is 33.9 Å². The van der Waals surface area contributed by atoms with Crippen LogP contribution in [0.1, 0.15) is 38.8 Å². The lowest BCUT2D eigenvalue weighted by Gasteiger charge is -2.20. The number of nitrogens with one attached hydrogen (secondary N) is 2. The van der Waals surface area contributed by atoms with E-state index in [2.05, 4.69) is 20.6 Å². The lowest BCUT2D eigenvalue weighted by Crippen LogP contribution is -2.33. The zero-order valence-corrected chi connectivity index (χ0v) is 15.5. The summed E-state index contributed by atoms with van der Waals surface area (Å²) in [6, 6.07) is 3.55. The second-order valence-electron chi connectivity index (χ2n) is 7.12. The zero-order valence-electron chi connectivity index (χ0n) is 15.5. The standard InChI is InChI=1S/C21H22N4O2/c1-3-19(26)18-6-12(2)16(11-23-18)17-7-14-10-24-20(8-15(14)9-22-17)25-21(27)13-4-5-13/h6-11,13,18,23H,3-5H2,1-2H3,(H,24,25,27). The van der Waals surface area contributed by atoms with Crippen LogP contribution in [0.25, 0.3) is 16.3 Å². The molecule has 0 bridgehead atoms. The van der Waals surface area contributed by atoms with Crippen LogP contribution in [0.5, 0.6) is 0 Å². The van der Waals surface area contributed by atoms with Gasteiger partial charge in [-0.3, -0.25) is 14.6 Å². The lowest BCUT2D eigenvalue weighted by molar-refractivity contribution is -0.119. The summed E-state index contributed by atoms with van der Waals surface area (Å²) in [5.74, 6) is 0.916. The van der Waals surface area contributed by atoms with Crippen LogP contribution in [0, 0.1) is 5.92 Å². The van der Waals surface area contributed by atoms with E-state index in [1.807, 2.05) is 38.3 Å². The number of ketones is 1. The van der Waals surface area contributed by atoms with Gasteiger partial charge in [-0.1, -0.05) is 13.0 Å². The molecule has 1 saturated carbocycles. The highest BCUT2D eigenvalue weighted by atomic mass is 16.2. The van der Waals surface area contributed by atoms with Crippen molar-refractivity contribution in [3.05, 3.63) is 48.1 Å². The molecule has 3 heterocycles. The number of hydrogen-bond acceptors (Lipinski definition) is 5. The fourth-order valence-electron chi connectivity index (χ4n) is 3.18.